The van der Waals surface area contributed by atoms with Crippen molar-refractivity contribution in [1.29, 1.82) is 0 Å². The second-order valence-electron chi connectivity index (χ2n) is 9.46. The maximum atomic E-state index is 13.7. The molecule has 1 aliphatic carbocycles. The lowest BCUT2D eigenvalue weighted by molar-refractivity contribution is -0.127. The van der Waals surface area contributed by atoms with Crippen LogP contribution in [0.5, 0.6) is 0 Å². The summed E-state index contributed by atoms with van der Waals surface area (Å²) in [6, 6.07) is 12.4. The summed E-state index contributed by atoms with van der Waals surface area (Å²) in [7, 11) is 0. The van der Waals surface area contributed by atoms with Gasteiger partial charge in [0.05, 0.1) is 0 Å². The second-order valence-corrected chi connectivity index (χ2v) is 9.46. The standard InChI is InChI=1S/C26H32N6O/c1-19-7-9-22(10-8-19)29-26(14-3-2-4-15-26)25(33)28-21-11-12-23-30-31-24(32(23)17-13-21)20-6-5-16-27-18-20/h5-10,16,18,21,29H,2-4,11-15,17H2,1H3,(H,28,33). The van der Waals surface area contributed by atoms with E-state index in [-0.39, 0.29) is 11.9 Å². The Kier molecular flexibility index (Phi) is 6.11. The molecule has 172 valence electrons. The fourth-order valence-corrected chi connectivity index (χ4v) is 5.14. The molecule has 7 nitrogen and oxygen atoms in total. The highest BCUT2D eigenvalue weighted by Crippen LogP contribution is 2.33. The van der Waals surface area contributed by atoms with Crippen LogP contribution in [0.15, 0.2) is 48.8 Å². The lowest BCUT2D eigenvalue weighted by atomic mass is 9.80. The SMILES string of the molecule is Cc1ccc(NC2(C(=O)NC3CCc4nnc(-c5cccnc5)n4CC3)CCCCC2)cc1. The first-order chi connectivity index (χ1) is 16.1. The third-order valence-electron chi connectivity index (χ3n) is 7.08. The summed E-state index contributed by atoms with van der Waals surface area (Å²) in [5.74, 6) is 1.98. The van der Waals surface area contributed by atoms with Gasteiger partial charge in [0.15, 0.2) is 5.82 Å². The van der Waals surface area contributed by atoms with E-state index < -0.39 is 5.54 Å². The Morgan fingerprint density at radius 1 is 1.06 bits per heavy atom. The maximum absolute atomic E-state index is 13.7. The normalized spacial score (nSPS) is 19.8. The summed E-state index contributed by atoms with van der Waals surface area (Å²) in [6.45, 7) is 2.87. The Balaban J connectivity index is 1.29. The summed E-state index contributed by atoms with van der Waals surface area (Å²) in [6.07, 6.45) is 11.2. The lowest BCUT2D eigenvalue weighted by Gasteiger charge is -2.38. The van der Waals surface area contributed by atoms with Crippen LogP contribution in [0.4, 0.5) is 5.69 Å². The number of hydrogen-bond acceptors (Lipinski definition) is 5. The largest absolute Gasteiger partial charge is 0.371 e. The Morgan fingerprint density at radius 2 is 1.88 bits per heavy atom. The molecule has 1 unspecified atom stereocenters. The van der Waals surface area contributed by atoms with Crippen molar-refractivity contribution in [2.75, 3.05) is 5.32 Å². The highest BCUT2D eigenvalue weighted by molar-refractivity contribution is 5.89. The van der Waals surface area contributed by atoms with Gasteiger partial charge in [-0.15, -0.1) is 10.2 Å². The minimum Gasteiger partial charge on any atom is -0.371 e. The molecule has 3 aromatic rings. The molecule has 0 radical (unpaired) electrons. The average Bonchev–Trinajstić information content (AvgIpc) is 3.16. The monoisotopic (exact) mass is 444 g/mol. The van der Waals surface area contributed by atoms with E-state index >= 15 is 0 Å². The van der Waals surface area contributed by atoms with Crippen molar-refractivity contribution in [3.8, 4) is 11.4 Å². The van der Waals surface area contributed by atoms with E-state index in [4.69, 9.17) is 0 Å². The summed E-state index contributed by atoms with van der Waals surface area (Å²) >= 11 is 0. The summed E-state index contributed by atoms with van der Waals surface area (Å²) < 4.78 is 2.18. The first-order valence-corrected chi connectivity index (χ1v) is 12.1. The van der Waals surface area contributed by atoms with Crippen LogP contribution >= 0.6 is 0 Å². The van der Waals surface area contributed by atoms with E-state index in [0.717, 1.165) is 74.4 Å². The zero-order valence-corrected chi connectivity index (χ0v) is 19.3. The molecule has 7 heteroatoms. The highest BCUT2D eigenvalue weighted by Gasteiger charge is 2.40. The van der Waals surface area contributed by atoms with Gasteiger partial charge in [0.1, 0.15) is 11.4 Å². The Bertz CT molecular complexity index is 1090. The molecule has 0 spiro atoms. The number of pyridine rings is 1. The number of fused-ring (bicyclic) bond motifs is 1. The molecule has 2 N–H and O–H groups in total. The Morgan fingerprint density at radius 3 is 2.64 bits per heavy atom. The Labute approximate surface area is 195 Å². The van der Waals surface area contributed by atoms with E-state index in [0.29, 0.717) is 0 Å². The second kappa shape index (κ2) is 9.33. The minimum absolute atomic E-state index is 0.125. The van der Waals surface area contributed by atoms with Gasteiger partial charge in [0, 0.05) is 42.7 Å². The van der Waals surface area contributed by atoms with E-state index in [9.17, 15) is 4.79 Å². The third-order valence-corrected chi connectivity index (χ3v) is 7.08. The number of nitrogens with one attached hydrogen (secondary N) is 2. The number of aryl methyl sites for hydroxylation is 2. The number of aromatic nitrogens is 4. The molecule has 2 aromatic heterocycles. The molecule has 0 bridgehead atoms. The van der Waals surface area contributed by atoms with Crippen LogP contribution in [0.1, 0.15) is 56.3 Å². The Hall–Kier alpha value is -3.22. The maximum Gasteiger partial charge on any atom is 0.245 e. The van der Waals surface area contributed by atoms with Crippen molar-refractivity contribution >= 4 is 11.6 Å². The molecule has 2 aliphatic rings. The van der Waals surface area contributed by atoms with E-state index in [1.807, 2.05) is 18.3 Å². The van der Waals surface area contributed by atoms with Crippen molar-refractivity contribution in [1.82, 2.24) is 25.1 Å². The number of anilines is 1. The van der Waals surface area contributed by atoms with Gasteiger partial charge >= 0.3 is 0 Å². The number of benzene rings is 1. The molecule has 5 rings (SSSR count). The van der Waals surface area contributed by atoms with Gasteiger partial charge < -0.3 is 15.2 Å². The van der Waals surface area contributed by atoms with Crippen LogP contribution in [0.3, 0.4) is 0 Å². The molecule has 1 amide bonds. The van der Waals surface area contributed by atoms with Gasteiger partial charge in [0.2, 0.25) is 5.91 Å². The molecule has 1 aromatic carbocycles. The quantitative estimate of drug-likeness (QED) is 0.613. The fraction of sp³-hybridized carbons (Fsp3) is 0.462. The van der Waals surface area contributed by atoms with Gasteiger partial charge in [-0.25, -0.2) is 0 Å². The first kappa shape index (κ1) is 21.6. The number of nitrogens with zero attached hydrogens (tertiary/aromatic N) is 4. The zero-order chi connectivity index (χ0) is 22.7. The summed E-state index contributed by atoms with van der Waals surface area (Å²) in [4.78, 5) is 17.9. The van der Waals surface area contributed by atoms with Gasteiger partial charge in [0.25, 0.3) is 0 Å². The number of hydrogen-bond donors (Lipinski definition) is 2. The summed E-state index contributed by atoms with van der Waals surface area (Å²) in [5, 5.41) is 15.9. The minimum atomic E-state index is -0.532. The molecule has 3 heterocycles. The smallest absolute Gasteiger partial charge is 0.245 e. The van der Waals surface area contributed by atoms with Crippen LogP contribution < -0.4 is 10.6 Å². The highest BCUT2D eigenvalue weighted by atomic mass is 16.2. The fourth-order valence-electron chi connectivity index (χ4n) is 5.14. The van der Waals surface area contributed by atoms with E-state index in [2.05, 4.69) is 61.6 Å². The molecule has 1 atom stereocenters. The van der Waals surface area contributed by atoms with Crippen LogP contribution in [0, 0.1) is 6.92 Å². The van der Waals surface area contributed by atoms with Gasteiger partial charge in [-0.1, -0.05) is 37.0 Å². The number of carbonyl (C=O) groups is 1. The van der Waals surface area contributed by atoms with Crippen molar-refractivity contribution < 1.29 is 4.79 Å². The molecule has 1 aliphatic heterocycles. The predicted molar refractivity (Wildman–Crippen MR) is 129 cm³/mol. The molecule has 33 heavy (non-hydrogen) atoms. The van der Waals surface area contributed by atoms with Crippen LogP contribution in [-0.4, -0.2) is 37.2 Å². The molecular formula is C26H32N6O. The van der Waals surface area contributed by atoms with Crippen molar-refractivity contribution in [3.05, 3.63) is 60.2 Å². The van der Waals surface area contributed by atoms with E-state index in [1.54, 1.807) is 6.20 Å². The van der Waals surface area contributed by atoms with Gasteiger partial charge in [-0.3, -0.25) is 9.78 Å². The number of rotatable bonds is 5. The lowest BCUT2D eigenvalue weighted by Crippen LogP contribution is -2.56. The molecule has 1 fully saturated rings. The molecule has 1 saturated carbocycles. The van der Waals surface area contributed by atoms with Gasteiger partial charge in [-0.05, 0) is 56.9 Å². The topological polar surface area (TPSA) is 84.7 Å². The van der Waals surface area contributed by atoms with Gasteiger partial charge in [-0.2, -0.15) is 0 Å². The summed E-state index contributed by atoms with van der Waals surface area (Å²) in [5.41, 5.74) is 2.68. The van der Waals surface area contributed by atoms with E-state index in [1.165, 1.54) is 12.0 Å². The van der Waals surface area contributed by atoms with Crippen LogP contribution in [0.2, 0.25) is 0 Å². The molecular weight excluding hydrogens is 412 g/mol. The molecule has 0 saturated heterocycles. The predicted octanol–water partition coefficient (Wildman–Crippen LogP) is 4.28. The number of carbonyl (C=O) groups excluding carboxylic acids is 1. The van der Waals surface area contributed by atoms with Crippen molar-refractivity contribution in [3.63, 3.8) is 0 Å². The van der Waals surface area contributed by atoms with Crippen molar-refractivity contribution in [2.45, 2.75) is 76.4 Å². The van der Waals surface area contributed by atoms with Crippen LogP contribution in [-0.2, 0) is 17.8 Å². The third kappa shape index (κ3) is 4.63. The van der Waals surface area contributed by atoms with Crippen LogP contribution in [0.25, 0.3) is 11.4 Å². The zero-order valence-electron chi connectivity index (χ0n) is 19.3. The number of amides is 1. The average molecular weight is 445 g/mol. The van der Waals surface area contributed by atoms with Crippen molar-refractivity contribution in [2.24, 2.45) is 0 Å². The first-order valence-electron chi connectivity index (χ1n) is 12.1.